The number of benzene rings is 1. The molecule has 2 N–H and O–H groups in total. The summed E-state index contributed by atoms with van der Waals surface area (Å²) in [5, 5.41) is 6.03. The first-order valence-electron chi connectivity index (χ1n) is 9.24. The van der Waals surface area contributed by atoms with Crippen LogP contribution in [0, 0.1) is 5.82 Å². The maximum absolute atomic E-state index is 13.3. The molecule has 25 heavy (non-hydrogen) atoms. The lowest BCUT2D eigenvalue weighted by atomic mass is 10.1. The molecule has 1 saturated carbocycles. The minimum Gasteiger partial charge on any atom is -0.336 e. The molecule has 2 fully saturated rings. The molecule has 0 unspecified atom stereocenters. The maximum atomic E-state index is 13.3. The van der Waals surface area contributed by atoms with Crippen molar-refractivity contribution in [1.82, 2.24) is 20.4 Å². The molecule has 5 nitrogen and oxygen atoms in total. The van der Waals surface area contributed by atoms with Crippen molar-refractivity contribution in [2.45, 2.75) is 37.8 Å². The molecule has 1 aliphatic heterocycles. The van der Waals surface area contributed by atoms with E-state index in [1.807, 2.05) is 13.0 Å². The highest BCUT2D eigenvalue weighted by atomic mass is 19.1. The van der Waals surface area contributed by atoms with Gasteiger partial charge in [-0.15, -0.1) is 0 Å². The van der Waals surface area contributed by atoms with Gasteiger partial charge in [-0.1, -0.05) is 12.1 Å². The summed E-state index contributed by atoms with van der Waals surface area (Å²) in [6.45, 7) is 7.51. The van der Waals surface area contributed by atoms with Crippen LogP contribution < -0.4 is 10.6 Å². The van der Waals surface area contributed by atoms with Crippen molar-refractivity contribution in [2.24, 2.45) is 0 Å². The van der Waals surface area contributed by atoms with E-state index in [1.165, 1.54) is 6.07 Å². The number of likely N-dealkylation sites (N-methyl/N-ethyl adjacent to an activating group) is 1. The van der Waals surface area contributed by atoms with E-state index in [1.54, 1.807) is 12.1 Å². The number of piperazine rings is 1. The van der Waals surface area contributed by atoms with E-state index in [0.717, 1.165) is 51.1 Å². The first-order valence-corrected chi connectivity index (χ1v) is 9.24. The monoisotopic (exact) mass is 348 g/mol. The second-order valence-corrected chi connectivity index (χ2v) is 7.46. The van der Waals surface area contributed by atoms with Gasteiger partial charge in [0.15, 0.2) is 0 Å². The number of amides is 2. The fourth-order valence-electron chi connectivity index (χ4n) is 3.41. The number of nitrogens with one attached hydrogen (secondary N) is 2. The van der Waals surface area contributed by atoms with Gasteiger partial charge in [0.05, 0.1) is 0 Å². The van der Waals surface area contributed by atoms with Crippen LogP contribution in [0.2, 0.25) is 0 Å². The van der Waals surface area contributed by atoms with Crippen molar-refractivity contribution in [1.29, 1.82) is 0 Å². The van der Waals surface area contributed by atoms with Gasteiger partial charge in [0.1, 0.15) is 5.82 Å². The predicted molar refractivity (Wildman–Crippen MR) is 97.2 cm³/mol. The van der Waals surface area contributed by atoms with Crippen LogP contribution in [0.15, 0.2) is 24.3 Å². The highest BCUT2D eigenvalue weighted by Crippen LogP contribution is 2.40. The Morgan fingerprint density at radius 1 is 1.32 bits per heavy atom. The van der Waals surface area contributed by atoms with Crippen molar-refractivity contribution in [3.63, 3.8) is 0 Å². The molecule has 1 heterocycles. The number of halogens is 1. The summed E-state index contributed by atoms with van der Waals surface area (Å²) in [7, 11) is 2.15. The lowest BCUT2D eigenvalue weighted by molar-refractivity contribution is 0.149. The van der Waals surface area contributed by atoms with Gasteiger partial charge in [0.25, 0.3) is 0 Å². The Morgan fingerprint density at radius 2 is 2.08 bits per heavy atom. The number of hydrogen-bond donors (Lipinski definition) is 2. The second kappa shape index (κ2) is 8.15. The minimum atomic E-state index is -0.217. The summed E-state index contributed by atoms with van der Waals surface area (Å²) >= 11 is 0. The number of rotatable bonds is 6. The van der Waals surface area contributed by atoms with E-state index in [4.69, 9.17) is 0 Å². The zero-order valence-electron chi connectivity index (χ0n) is 15.2. The molecule has 3 atom stereocenters. The SMILES string of the molecule is C[C@H](CCN1CCN(C)CC1)NC(=O)N[C@@H]1C[C@H]1c1cccc(F)c1. The van der Waals surface area contributed by atoms with Gasteiger partial charge in [0.2, 0.25) is 0 Å². The Balaban J connectivity index is 1.34. The predicted octanol–water partition coefficient (Wildman–Crippen LogP) is 2.01. The molecule has 6 heteroatoms. The van der Waals surface area contributed by atoms with Gasteiger partial charge < -0.3 is 20.4 Å². The molecule has 1 saturated heterocycles. The summed E-state index contributed by atoms with van der Waals surface area (Å²) in [4.78, 5) is 16.9. The van der Waals surface area contributed by atoms with E-state index in [2.05, 4.69) is 27.5 Å². The fourth-order valence-corrected chi connectivity index (χ4v) is 3.41. The van der Waals surface area contributed by atoms with E-state index < -0.39 is 0 Å². The standard InChI is InChI=1S/C19H29FN4O/c1-14(6-7-24-10-8-23(2)9-11-24)21-19(25)22-18-13-17(18)15-4-3-5-16(20)12-15/h3-5,12,14,17-18H,6-11,13H2,1-2H3,(H2,21,22,25)/t14-,17+,18-/m1/s1. The molecule has 1 aliphatic carbocycles. The van der Waals surface area contributed by atoms with Crippen LogP contribution in [0.25, 0.3) is 0 Å². The highest BCUT2D eigenvalue weighted by Gasteiger charge is 2.39. The third-order valence-electron chi connectivity index (χ3n) is 5.24. The molecule has 3 rings (SSSR count). The van der Waals surface area contributed by atoms with Gasteiger partial charge in [-0.2, -0.15) is 0 Å². The molecular weight excluding hydrogens is 319 g/mol. The second-order valence-electron chi connectivity index (χ2n) is 7.46. The summed E-state index contributed by atoms with van der Waals surface area (Å²) in [5.74, 6) is 0.0206. The van der Waals surface area contributed by atoms with Crippen LogP contribution in [0.5, 0.6) is 0 Å². The van der Waals surface area contributed by atoms with Crippen molar-refractivity contribution < 1.29 is 9.18 Å². The largest absolute Gasteiger partial charge is 0.336 e. The van der Waals surface area contributed by atoms with E-state index in [-0.39, 0.29) is 29.8 Å². The van der Waals surface area contributed by atoms with Crippen molar-refractivity contribution in [3.05, 3.63) is 35.6 Å². The van der Waals surface area contributed by atoms with Crippen molar-refractivity contribution >= 4 is 6.03 Å². The van der Waals surface area contributed by atoms with Crippen LogP contribution in [-0.2, 0) is 0 Å². The molecule has 0 aromatic heterocycles. The van der Waals surface area contributed by atoms with Gasteiger partial charge in [-0.05, 0) is 44.5 Å². The van der Waals surface area contributed by atoms with Crippen LogP contribution in [0.1, 0.15) is 31.2 Å². The molecule has 138 valence electrons. The molecule has 2 amide bonds. The topological polar surface area (TPSA) is 47.6 Å². The van der Waals surface area contributed by atoms with Crippen LogP contribution >= 0.6 is 0 Å². The quantitative estimate of drug-likeness (QED) is 0.827. The van der Waals surface area contributed by atoms with E-state index >= 15 is 0 Å². The zero-order chi connectivity index (χ0) is 17.8. The number of carbonyl (C=O) groups excluding carboxylic acids is 1. The highest BCUT2D eigenvalue weighted by molar-refractivity contribution is 5.75. The maximum Gasteiger partial charge on any atom is 0.315 e. The van der Waals surface area contributed by atoms with Crippen molar-refractivity contribution in [3.8, 4) is 0 Å². The number of nitrogens with zero attached hydrogens (tertiary/aromatic N) is 2. The van der Waals surface area contributed by atoms with Crippen LogP contribution in [-0.4, -0.2) is 67.7 Å². The third-order valence-corrected chi connectivity index (χ3v) is 5.24. The Kier molecular flexibility index (Phi) is 5.91. The minimum absolute atomic E-state index is 0.116. The average molecular weight is 348 g/mol. The Labute approximate surface area is 149 Å². The molecule has 2 aliphatic rings. The average Bonchev–Trinajstić information content (AvgIpc) is 3.33. The first-order chi connectivity index (χ1) is 12.0. The van der Waals surface area contributed by atoms with Gasteiger partial charge in [-0.25, -0.2) is 9.18 Å². The zero-order valence-corrected chi connectivity index (χ0v) is 15.2. The smallest absolute Gasteiger partial charge is 0.315 e. The number of carbonyl (C=O) groups is 1. The third kappa shape index (κ3) is 5.41. The fraction of sp³-hybridized carbons (Fsp3) is 0.632. The summed E-state index contributed by atoms with van der Waals surface area (Å²) < 4.78 is 13.3. The molecule has 1 aromatic carbocycles. The number of urea groups is 1. The Bertz CT molecular complexity index is 589. The summed E-state index contributed by atoms with van der Waals surface area (Å²) in [6.07, 6.45) is 1.83. The Morgan fingerprint density at radius 3 is 2.80 bits per heavy atom. The molecule has 0 spiro atoms. The lowest BCUT2D eigenvalue weighted by Gasteiger charge is -2.32. The Hall–Kier alpha value is -1.66. The van der Waals surface area contributed by atoms with Crippen molar-refractivity contribution in [2.75, 3.05) is 39.8 Å². The molecule has 0 radical (unpaired) electrons. The molecule has 0 bridgehead atoms. The van der Waals surface area contributed by atoms with Gasteiger partial charge in [-0.3, -0.25) is 0 Å². The summed E-state index contributed by atoms with van der Waals surface area (Å²) in [6, 6.07) is 6.80. The first kappa shape index (κ1) is 18.1. The van der Waals surface area contributed by atoms with E-state index in [0.29, 0.717) is 0 Å². The number of hydrogen-bond acceptors (Lipinski definition) is 3. The van der Waals surface area contributed by atoms with Gasteiger partial charge >= 0.3 is 6.03 Å². The molecular formula is C19H29FN4O. The van der Waals surface area contributed by atoms with E-state index in [9.17, 15) is 9.18 Å². The normalized spacial score (nSPS) is 25.4. The van der Waals surface area contributed by atoms with Crippen LogP contribution in [0.4, 0.5) is 9.18 Å². The van der Waals surface area contributed by atoms with Gasteiger partial charge in [0, 0.05) is 50.7 Å². The molecule has 1 aromatic rings. The lowest BCUT2D eigenvalue weighted by Crippen LogP contribution is -2.47. The van der Waals surface area contributed by atoms with Crippen LogP contribution in [0.3, 0.4) is 0 Å². The summed E-state index contributed by atoms with van der Waals surface area (Å²) in [5.41, 5.74) is 0.966.